The maximum Gasteiger partial charge on any atom is 0.225 e. The van der Waals surface area contributed by atoms with Gasteiger partial charge in [-0.2, -0.15) is 9.97 Å². The van der Waals surface area contributed by atoms with Gasteiger partial charge in [-0.1, -0.05) is 13.3 Å². The van der Waals surface area contributed by atoms with Crippen LogP contribution in [-0.4, -0.2) is 39.9 Å². The van der Waals surface area contributed by atoms with Crippen molar-refractivity contribution in [1.82, 2.24) is 9.97 Å². The van der Waals surface area contributed by atoms with Gasteiger partial charge in [-0.25, -0.2) is 0 Å². The zero-order valence-corrected chi connectivity index (χ0v) is 14.3. The second-order valence-corrected chi connectivity index (χ2v) is 7.21. The second kappa shape index (κ2) is 6.15. The number of ether oxygens (including phenoxy) is 1. The van der Waals surface area contributed by atoms with Crippen LogP contribution in [0.15, 0.2) is 6.07 Å². The van der Waals surface area contributed by atoms with Crippen molar-refractivity contribution in [3.63, 3.8) is 0 Å². The first-order chi connectivity index (χ1) is 10.9. The van der Waals surface area contributed by atoms with E-state index in [1.807, 2.05) is 19.9 Å². The Bertz CT molecular complexity index is 566. The first kappa shape index (κ1) is 16.3. The lowest BCUT2D eigenvalue weighted by atomic mass is 9.69. The van der Waals surface area contributed by atoms with Crippen LogP contribution in [-0.2, 0) is 0 Å². The molecule has 0 amide bonds. The smallest absolute Gasteiger partial charge is 0.225 e. The second-order valence-electron chi connectivity index (χ2n) is 7.21. The number of nitrogens with two attached hydrogens (primary N) is 1. The first-order valence-electron chi connectivity index (χ1n) is 8.70. The molecule has 3 N–H and O–H groups in total. The quantitative estimate of drug-likeness (QED) is 0.885. The van der Waals surface area contributed by atoms with Crippen molar-refractivity contribution in [3.8, 4) is 5.88 Å². The molecule has 6 heteroatoms. The average Bonchev–Trinajstić information content (AvgIpc) is 2.92. The van der Waals surface area contributed by atoms with Gasteiger partial charge >= 0.3 is 0 Å². The van der Waals surface area contributed by atoms with Gasteiger partial charge in [0.05, 0.1) is 11.7 Å². The molecule has 2 aliphatic rings. The number of aliphatic hydroxyl groups is 1. The minimum atomic E-state index is -0.534. The fourth-order valence-corrected chi connectivity index (χ4v) is 4.15. The molecule has 2 fully saturated rings. The molecule has 23 heavy (non-hydrogen) atoms. The summed E-state index contributed by atoms with van der Waals surface area (Å²) in [5.41, 5.74) is 5.32. The number of aromatic nitrogens is 2. The monoisotopic (exact) mass is 320 g/mol. The number of hydrogen-bond donors (Lipinski definition) is 2. The van der Waals surface area contributed by atoms with Crippen LogP contribution in [0.3, 0.4) is 0 Å². The third-order valence-corrected chi connectivity index (χ3v) is 5.31. The van der Waals surface area contributed by atoms with Crippen molar-refractivity contribution in [3.05, 3.63) is 6.07 Å². The van der Waals surface area contributed by atoms with Gasteiger partial charge in [-0.15, -0.1) is 0 Å². The number of nitrogen functional groups attached to an aromatic ring is 1. The molecule has 1 saturated carbocycles. The maximum absolute atomic E-state index is 10.9. The number of rotatable bonds is 4. The van der Waals surface area contributed by atoms with E-state index < -0.39 is 5.60 Å². The molecular weight excluding hydrogens is 292 g/mol. The fourth-order valence-electron chi connectivity index (χ4n) is 4.15. The highest BCUT2D eigenvalue weighted by atomic mass is 16.5. The molecule has 0 aromatic carbocycles. The van der Waals surface area contributed by atoms with Crippen molar-refractivity contribution in [2.24, 2.45) is 11.8 Å². The summed E-state index contributed by atoms with van der Waals surface area (Å²) in [6.07, 6.45) is 4.05. The molecule has 1 aromatic heterocycles. The van der Waals surface area contributed by atoms with Crippen molar-refractivity contribution < 1.29 is 9.84 Å². The molecule has 1 aliphatic carbocycles. The molecule has 128 valence electrons. The SMILES string of the molecule is CC[C@@]1(O)CCC[C@@H]2CN(c3cc(OC(C)C)nc(N)n3)C[C@@H]21. The van der Waals surface area contributed by atoms with Gasteiger partial charge < -0.3 is 20.5 Å². The van der Waals surface area contributed by atoms with E-state index in [4.69, 9.17) is 10.5 Å². The van der Waals surface area contributed by atoms with E-state index in [2.05, 4.69) is 21.8 Å². The largest absolute Gasteiger partial charge is 0.475 e. The molecule has 3 atom stereocenters. The molecule has 2 heterocycles. The Kier molecular flexibility index (Phi) is 4.36. The summed E-state index contributed by atoms with van der Waals surface area (Å²) in [4.78, 5) is 10.8. The van der Waals surface area contributed by atoms with Crippen LogP contribution < -0.4 is 15.4 Å². The Balaban J connectivity index is 1.82. The third-order valence-electron chi connectivity index (χ3n) is 5.31. The summed E-state index contributed by atoms with van der Waals surface area (Å²) in [5.74, 6) is 2.40. The van der Waals surface area contributed by atoms with E-state index in [9.17, 15) is 5.11 Å². The highest BCUT2D eigenvalue weighted by molar-refractivity contribution is 5.47. The molecule has 0 radical (unpaired) electrons. The standard InChI is InChI=1S/C17H28N4O2/c1-4-17(22)7-5-6-12-9-21(10-13(12)17)14-8-15(23-11(2)3)20-16(18)19-14/h8,11-13,22H,4-7,9-10H2,1-3H3,(H2,18,19,20)/t12-,13+,17-/m1/s1. The van der Waals surface area contributed by atoms with Crippen molar-refractivity contribution in [1.29, 1.82) is 0 Å². The molecule has 1 aromatic rings. The van der Waals surface area contributed by atoms with E-state index in [1.54, 1.807) is 0 Å². The molecule has 0 bridgehead atoms. The minimum absolute atomic E-state index is 0.0449. The van der Waals surface area contributed by atoms with Crippen molar-refractivity contribution >= 4 is 11.8 Å². The van der Waals surface area contributed by atoms with Gasteiger partial charge in [0.15, 0.2) is 0 Å². The normalized spacial score (nSPS) is 30.6. The van der Waals surface area contributed by atoms with Crippen molar-refractivity contribution in [2.45, 2.75) is 58.2 Å². The number of nitrogens with zero attached hydrogens (tertiary/aromatic N) is 3. The highest BCUT2D eigenvalue weighted by Gasteiger charge is 2.48. The van der Waals surface area contributed by atoms with E-state index in [0.717, 1.165) is 38.2 Å². The van der Waals surface area contributed by atoms with Gasteiger partial charge in [-0.05, 0) is 39.0 Å². The zero-order chi connectivity index (χ0) is 16.6. The van der Waals surface area contributed by atoms with E-state index in [0.29, 0.717) is 17.7 Å². The lowest BCUT2D eigenvalue weighted by Gasteiger charge is -2.40. The predicted molar refractivity (Wildman–Crippen MR) is 90.5 cm³/mol. The summed E-state index contributed by atoms with van der Waals surface area (Å²) in [7, 11) is 0. The van der Waals surface area contributed by atoms with Gasteiger partial charge in [-0.3, -0.25) is 0 Å². The van der Waals surface area contributed by atoms with E-state index >= 15 is 0 Å². The Morgan fingerprint density at radius 3 is 2.91 bits per heavy atom. The third kappa shape index (κ3) is 3.22. The molecule has 1 saturated heterocycles. The van der Waals surface area contributed by atoms with E-state index in [-0.39, 0.29) is 12.1 Å². The molecule has 3 rings (SSSR count). The minimum Gasteiger partial charge on any atom is -0.475 e. The summed E-state index contributed by atoms with van der Waals surface area (Å²) >= 11 is 0. The molecule has 6 nitrogen and oxygen atoms in total. The van der Waals surface area contributed by atoms with Crippen LogP contribution in [0, 0.1) is 11.8 Å². The molecule has 0 unspecified atom stereocenters. The summed E-state index contributed by atoms with van der Waals surface area (Å²) in [5, 5.41) is 10.9. The Morgan fingerprint density at radius 1 is 1.43 bits per heavy atom. The predicted octanol–water partition coefficient (Wildman–Crippen LogP) is 2.22. The summed E-state index contributed by atoms with van der Waals surface area (Å²) in [6.45, 7) is 7.76. The Labute approximate surface area is 138 Å². The summed E-state index contributed by atoms with van der Waals surface area (Å²) in [6, 6.07) is 1.86. The van der Waals surface area contributed by atoms with Gasteiger partial charge in [0.2, 0.25) is 11.8 Å². The van der Waals surface area contributed by atoms with E-state index in [1.165, 1.54) is 6.42 Å². The Hall–Kier alpha value is -1.56. The average molecular weight is 320 g/mol. The van der Waals surface area contributed by atoms with Crippen molar-refractivity contribution in [2.75, 3.05) is 23.7 Å². The molecule has 1 aliphatic heterocycles. The van der Waals surface area contributed by atoms with Gasteiger partial charge in [0.25, 0.3) is 0 Å². The number of fused-ring (bicyclic) bond motifs is 1. The van der Waals surface area contributed by atoms with Crippen LogP contribution in [0.4, 0.5) is 11.8 Å². The van der Waals surface area contributed by atoms with Gasteiger partial charge in [0, 0.05) is 25.1 Å². The van der Waals surface area contributed by atoms with Crippen LogP contribution >= 0.6 is 0 Å². The van der Waals surface area contributed by atoms with Crippen LogP contribution in [0.2, 0.25) is 0 Å². The Morgan fingerprint density at radius 2 is 2.22 bits per heavy atom. The number of anilines is 2. The maximum atomic E-state index is 10.9. The van der Waals surface area contributed by atoms with Crippen LogP contribution in [0.1, 0.15) is 46.5 Å². The fraction of sp³-hybridized carbons (Fsp3) is 0.765. The topological polar surface area (TPSA) is 84.5 Å². The van der Waals surface area contributed by atoms with Crippen LogP contribution in [0.5, 0.6) is 5.88 Å². The lowest BCUT2D eigenvalue weighted by Crippen LogP contribution is -2.44. The summed E-state index contributed by atoms with van der Waals surface area (Å²) < 4.78 is 5.67. The lowest BCUT2D eigenvalue weighted by molar-refractivity contribution is -0.0597. The van der Waals surface area contributed by atoms with Gasteiger partial charge in [0.1, 0.15) is 5.82 Å². The van der Waals surface area contributed by atoms with Crippen LogP contribution in [0.25, 0.3) is 0 Å². The highest BCUT2D eigenvalue weighted by Crippen LogP contribution is 2.45. The molecular formula is C17H28N4O2. The molecule has 0 spiro atoms. The number of hydrogen-bond acceptors (Lipinski definition) is 6. The zero-order valence-electron chi connectivity index (χ0n) is 14.3. The first-order valence-corrected chi connectivity index (χ1v) is 8.70.